The largest absolute Gasteiger partial charge is 0.508 e. The summed E-state index contributed by atoms with van der Waals surface area (Å²) in [5.74, 6) is -3.57. The highest BCUT2D eigenvalue weighted by Gasteiger charge is 2.51. The molecular weight excluding hydrogens is 604 g/mol. The summed E-state index contributed by atoms with van der Waals surface area (Å²) in [6, 6.07) is 31.7. The van der Waals surface area contributed by atoms with Gasteiger partial charge in [-0.1, -0.05) is 97.1 Å². The fourth-order valence-electron chi connectivity index (χ4n) is 6.83. The van der Waals surface area contributed by atoms with Gasteiger partial charge in [-0.25, -0.2) is 9.59 Å². The third-order valence-corrected chi connectivity index (χ3v) is 8.79. The van der Waals surface area contributed by atoms with Crippen LogP contribution in [0.4, 0.5) is 9.59 Å². The quantitative estimate of drug-likeness (QED) is 0.134. The van der Waals surface area contributed by atoms with Gasteiger partial charge in [0, 0.05) is 18.8 Å². The molecule has 0 spiro atoms. The van der Waals surface area contributed by atoms with Crippen LogP contribution in [-0.2, 0) is 33.2 Å². The van der Waals surface area contributed by atoms with Crippen molar-refractivity contribution in [3.05, 3.63) is 119 Å². The van der Waals surface area contributed by atoms with Gasteiger partial charge in [0.1, 0.15) is 32.0 Å². The first-order valence-electron chi connectivity index (χ1n) is 15.4. The first kappa shape index (κ1) is 30.5. The monoisotopic (exact) mass is 636 g/mol. The SMILES string of the molecule is CC(=O)OC1(O)C[C@H](OC(=O)OCC2c3ccccc3-c3ccccc32)[C@@H](COC(=O)OCC2c3ccccc3-c3ccccc32)O1. The number of ether oxygens (including phenoxy) is 6. The van der Waals surface area contributed by atoms with E-state index in [0.29, 0.717) is 0 Å². The van der Waals surface area contributed by atoms with Gasteiger partial charge in [0.15, 0.2) is 0 Å². The van der Waals surface area contributed by atoms with E-state index in [1.54, 1.807) is 0 Å². The lowest BCUT2D eigenvalue weighted by Crippen LogP contribution is -2.35. The van der Waals surface area contributed by atoms with Crippen molar-refractivity contribution >= 4 is 18.3 Å². The Morgan fingerprint density at radius 3 is 1.51 bits per heavy atom. The number of aliphatic hydroxyl groups is 1. The van der Waals surface area contributed by atoms with E-state index >= 15 is 0 Å². The predicted molar refractivity (Wildman–Crippen MR) is 167 cm³/mol. The molecule has 240 valence electrons. The number of carbonyl (C=O) groups is 3. The minimum atomic E-state index is -2.39. The molecule has 0 bridgehead atoms. The molecule has 1 unspecified atom stereocenters. The van der Waals surface area contributed by atoms with Gasteiger partial charge in [0.2, 0.25) is 0 Å². The van der Waals surface area contributed by atoms with Gasteiger partial charge in [-0.2, -0.15) is 0 Å². The maximum atomic E-state index is 12.9. The molecule has 7 rings (SSSR count). The first-order chi connectivity index (χ1) is 22.8. The molecule has 10 heteroatoms. The minimum Gasteiger partial charge on any atom is -0.433 e. The van der Waals surface area contributed by atoms with Crippen molar-refractivity contribution in [2.75, 3.05) is 19.8 Å². The Labute approximate surface area is 270 Å². The number of fused-ring (bicyclic) bond motifs is 6. The van der Waals surface area contributed by atoms with Gasteiger partial charge in [-0.15, -0.1) is 0 Å². The zero-order chi connectivity index (χ0) is 32.5. The molecule has 3 aliphatic rings. The molecule has 1 heterocycles. The summed E-state index contributed by atoms with van der Waals surface area (Å²) >= 11 is 0. The van der Waals surface area contributed by atoms with E-state index in [1.165, 1.54) is 0 Å². The van der Waals surface area contributed by atoms with E-state index < -0.39 is 49.5 Å². The number of esters is 1. The van der Waals surface area contributed by atoms with Crippen molar-refractivity contribution in [3.63, 3.8) is 0 Å². The number of benzene rings is 4. The van der Waals surface area contributed by atoms with Crippen molar-refractivity contribution < 1.29 is 47.9 Å². The molecule has 0 amide bonds. The number of rotatable bonds is 8. The Bertz CT molecular complexity index is 1740. The molecule has 1 aliphatic heterocycles. The molecule has 47 heavy (non-hydrogen) atoms. The third-order valence-electron chi connectivity index (χ3n) is 8.79. The molecule has 4 aromatic rings. The number of hydrogen-bond donors (Lipinski definition) is 1. The van der Waals surface area contributed by atoms with Crippen LogP contribution in [0.2, 0.25) is 0 Å². The molecule has 0 aromatic heterocycles. The lowest BCUT2D eigenvalue weighted by atomic mass is 9.98. The molecule has 1 N–H and O–H groups in total. The molecule has 2 aliphatic carbocycles. The molecule has 1 saturated heterocycles. The van der Waals surface area contributed by atoms with Crippen molar-refractivity contribution in [1.82, 2.24) is 0 Å². The van der Waals surface area contributed by atoms with Crippen LogP contribution in [0.25, 0.3) is 22.3 Å². The number of hydrogen-bond acceptors (Lipinski definition) is 10. The summed E-state index contributed by atoms with van der Waals surface area (Å²) in [6.07, 6.45) is -4.76. The Balaban J connectivity index is 0.975. The summed E-state index contributed by atoms with van der Waals surface area (Å²) in [4.78, 5) is 37.3. The molecule has 4 aromatic carbocycles. The van der Waals surface area contributed by atoms with Crippen molar-refractivity contribution in [2.24, 2.45) is 0 Å². The standard InChI is InChI=1S/C37H32O10/c1-22(38)46-37(41)18-33(45-36(40)43-20-32-29-16-8-4-12-25(29)26-13-5-9-17-30(26)32)34(47-37)21-44-35(39)42-19-31-27-14-6-2-10-23(27)24-11-3-7-15-28(24)31/h2-17,31-34,41H,18-21H2,1H3/t33-,34+,37?/m0/s1. The molecule has 1 fully saturated rings. The van der Waals surface area contributed by atoms with Crippen LogP contribution in [0.5, 0.6) is 0 Å². The molecular formula is C37H32O10. The smallest absolute Gasteiger partial charge is 0.433 e. The zero-order valence-electron chi connectivity index (χ0n) is 25.5. The van der Waals surface area contributed by atoms with Crippen LogP contribution < -0.4 is 0 Å². The van der Waals surface area contributed by atoms with E-state index in [4.69, 9.17) is 28.4 Å². The second kappa shape index (κ2) is 12.5. The van der Waals surface area contributed by atoms with E-state index in [-0.39, 0.29) is 25.0 Å². The van der Waals surface area contributed by atoms with Crippen LogP contribution in [0.1, 0.15) is 47.4 Å². The fraction of sp³-hybridized carbons (Fsp3) is 0.270. The summed E-state index contributed by atoms with van der Waals surface area (Å²) < 4.78 is 32.3. The molecule has 3 atom stereocenters. The zero-order valence-corrected chi connectivity index (χ0v) is 25.5. The molecule has 10 nitrogen and oxygen atoms in total. The fourth-order valence-corrected chi connectivity index (χ4v) is 6.83. The summed E-state index contributed by atoms with van der Waals surface area (Å²) in [6.45, 7) is 0.690. The van der Waals surface area contributed by atoms with Gasteiger partial charge in [-0.05, 0) is 44.5 Å². The number of carbonyl (C=O) groups excluding carboxylic acids is 3. The summed E-state index contributed by atoms with van der Waals surface area (Å²) in [5.41, 5.74) is 8.47. The Morgan fingerprint density at radius 1 is 0.660 bits per heavy atom. The van der Waals surface area contributed by atoms with Crippen LogP contribution in [-0.4, -0.2) is 61.4 Å². The van der Waals surface area contributed by atoms with Crippen LogP contribution in [0.15, 0.2) is 97.1 Å². The molecule has 0 radical (unpaired) electrons. The van der Waals surface area contributed by atoms with E-state index in [1.807, 2.05) is 97.1 Å². The van der Waals surface area contributed by atoms with E-state index in [2.05, 4.69) is 0 Å². The second-order valence-electron chi connectivity index (χ2n) is 11.7. The highest BCUT2D eigenvalue weighted by Crippen LogP contribution is 2.46. The lowest BCUT2D eigenvalue weighted by Gasteiger charge is -2.21. The lowest BCUT2D eigenvalue weighted by molar-refractivity contribution is -0.332. The van der Waals surface area contributed by atoms with Crippen molar-refractivity contribution in [1.29, 1.82) is 0 Å². The maximum absolute atomic E-state index is 12.9. The third kappa shape index (κ3) is 6.05. The summed E-state index contributed by atoms with van der Waals surface area (Å²) in [5, 5.41) is 10.8. The van der Waals surface area contributed by atoms with Gasteiger partial charge >= 0.3 is 24.3 Å². The van der Waals surface area contributed by atoms with Crippen molar-refractivity contribution in [3.8, 4) is 22.3 Å². The van der Waals surface area contributed by atoms with Crippen LogP contribution >= 0.6 is 0 Å². The van der Waals surface area contributed by atoms with Crippen LogP contribution in [0, 0.1) is 0 Å². The normalized spacial score (nSPS) is 20.8. The van der Waals surface area contributed by atoms with E-state index in [9.17, 15) is 19.5 Å². The van der Waals surface area contributed by atoms with Gasteiger partial charge in [0.05, 0.1) is 6.42 Å². The van der Waals surface area contributed by atoms with Crippen molar-refractivity contribution in [2.45, 2.75) is 43.4 Å². The Kier molecular flexibility index (Phi) is 8.13. The highest BCUT2D eigenvalue weighted by atomic mass is 16.9. The minimum absolute atomic E-state index is 0.00949. The van der Waals surface area contributed by atoms with Crippen LogP contribution in [0.3, 0.4) is 0 Å². The first-order valence-corrected chi connectivity index (χ1v) is 15.4. The van der Waals surface area contributed by atoms with Gasteiger partial charge < -0.3 is 33.5 Å². The average Bonchev–Trinajstić information content (AvgIpc) is 3.68. The molecule has 0 saturated carbocycles. The van der Waals surface area contributed by atoms with Gasteiger partial charge in [0.25, 0.3) is 0 Å². The Hall–Kier alpha value is -5.19. The summed E-state index contributed by atoms with van der Waals surface area (Å²) in [7, 11) is 0. The predicted octanol–water partition coefficient (Wildman–Crippen LogP) is 6.28. The van der Waals surface area contributed by atoms with E-state index in [0.717, 1.165) is 51.4 Å². The topological polar surface area (TPSA) is 127 Å². The second-order valence-corrected chi connectivity index (χ2v) is 11.7. The Morgan fingerprint density at radius 2 is 1.06 bits per heavy atom. The highest BCUT2D eigenvalue weighted by molar-refractivity contribution is 5.80. The van der Waals surface area contributed by atoms with Gasteiger partial charge in [-0.3, -0.25) is 4.79 Å². The average molecular weight is 637 g/mol. The maximum Gasteiger partial charge on any atom is 0.508 e.